The van der Waals surface area contributed by atoms with Crippen molar-refractivity contribution in [1.29, 1.82) is 0 Å². The van der Waals surface area contributed by atoms with Crippen LogP contribution < -0.4 is 10.9 Å². The number of amides is 1. The van der Waals surface area contributed by atoms with E-state index in [4.69, 9.17) is 0 Å². The van der Waals surface area contributed by atoms with Crippen LogP contribution in [-0.2, 0) is 17.6 Å². The minimum atomic E-state index is 0.0351. The summed E-state index contributed by atoms with van der Waals surface area (Å²) in [4.78, 5) is 27.7. The molecule has 1 heterocycles. The predicted octanol–water partition coefficient (Wildman–Crippen LogP) is 4.32. The number of nitrogens with one attached hydrogen (secondary N) is 2. The van der Waals surface area contributed by atoms with Gasteiger partial charge >= 0.3 is 0 Å². The molecule has 2 N–H and O–H groups in total. The molecule has 0 bridgehead atoms. The third-order valence-corrected chi connectivity index (χ3v) is 5.82. The lowest BCUT2D eigenvalue weighted by molar-refractivity contribution is -0.117. The molecule has 2 aromatic rings. The first-order chi connectivity index (χ1) is 12.2. The lowest BCUT2D eigenvalue weighted by Gasteiger charge is -2.21. The number of hydrogen-bond acceptors (Lipinski definition) is 2. The van der Waals surface area contributed by atoms with Gasteiger partial charge in [-0.15, -0.1) is 0 Å². The van der Waals surface area contributed by atoms with Crippen molar-refractivity contribution in [3.8, 4) is 0 Å². The van der Waals surface area contributed by atoms with Gasteiger partial charge in [0.05, 0.1) is 5.52 Å². The van der Waals surface area contributed by atoms with Gasteiger partial charge in [-0.1, -0.05) is 25.3 Å². The van der Waals surface area contributed by atoms with Crippen LogP contribution >= 0.6 is 0 Å². The molecule has 1 aromatic heterocycles. The van der Waals surface area contributed by atoms with Gasteiger partial charge in [0.1, 0.15) is 0 Å². The van der Waals surface area contributed by atoms with E-state index in [2.05, 4.69) is 10.3 Å². The van der Waals surface area contributed by atoms with Crippen molar-refractivity contribution < 1.29 is 4.79 Å². The fourth-order valence-electron chi connectivity index (χ4n) is 4.50. The van der Waals surface area contributed by atoms with Gasteiger partial charge < -0.3 is 10.3 Å². The Labute approximate surface area is 148 Å². The average molecular weight is 338 g/mol. The third-order valence-electron chi connectivity index (χ3n) is 5.82. The normalized spacial score (nSPS) is 18.1. The van der Waals surface area contributed by atoms with Crippen LogP contribution in [0.1, 0.15) is 62.5 Å². The number of hydrogen-bond donors (Lipinski definition) is 2. The molecule has 0 spiro atoms. The van der Waals surface area contributed by atoms with E-state index in [-0.39, 0.29) is 11.5 Å². The number of rotatable bonds is 3. The van der Waals surface area contributed by atoms with Crippen LogP contribution in [0.4, 0.5) is 5.69 Å². The monoisotopic (exact) mass is 338 g/mol. The van der Waals surface area contributed by atoms with Gasteiger partial charge in [0.15, 0.2) is 0 Å². The molecule has 0 saturated heterocycles. The smallest absolute Gasteiger partial charge is 0.251 e. The molecule has 2 aliphatic rings. The van der Waals surface area contributed by atoms with Crippen molar-refractivity contribution in [2.75, 3.05) is 5.32 Å². The summed E-state index contributed by atoms with van der Waals surface area (Å²) in [5.41, 5.74) is 3.80. The molecule has 25 heavy (non-hydrogen) atoms. The second-order valence-electron chi connectivity index (χ2n) is 7.64. The molecule has 1 aromatic carbocycles. The van der Waals surface area contributed by atoms with E-state index >= 15 is 0 Å². The maximum absolute atomic E-state index is 12.3. The van der Waals surface area contributed by atoms with Crippen LogP contribution in [0.15, 0.2) is 23.0 Å². The number of aromatic amines is 1. The SMILES string of the molecule is O=C(CC1CCCCC1)Nc1ccc2c3c(c(=O)[nH]c2c1)CCCC3. The molecule has 4 rings (SSSR count). The van der Waals surface area contributed by atoms with Gasteiger partial charge in [-0.25, -0.2) is 0 Å². The van der Waals surface area contributed by atoms with Gasteiger partial charge in [-0.3, -0.25) is 9.59 Å². The second kappa shape index (κ2) is 7.03. The quantitative estimate of drug-likeness (QED) is 0.875. The molecule has 0 unspecified atom stereocenters. The Morgan fingerprint density at radius 2 is 1.80 bits per heavy atom. The van der Waals surface area contributed by atoms with Gasteiger partial charge in [-0.2, -0.15) is 0 Å². The third kappa shape index (κ3) is 3.48. The topological polar surface area (TPSA) is 62.0 Å². The van der Waals surface area contributed by atoms with E-state index in [1.54, 1.807) is 0 Å². The highest BCUT2D eigenvalue weighted by Gasteiger charge is 2.18. The zero-order valence-corrected chi connectivity index (χ0v) is 14.7. The molecule has 4 heteroatoms. The van der Waals surface area contributed by atoms with Crippen molar-refractivity contribution in [1.82, 2.24) is 4.98 Å². The summed E-state index contributed by atoms with van der Waals surface area (Å²) in [5.74, 6) is 0.618. The minimum Gasteiger partial charge on any atom is -0.326 e. The summed E-state index contributed by atoms with van der Waals surface area (Å²) in [6.45, 7) is 0. The predicted molar refractivity (Wildman–Crippen MR) is 101 cm³/mol. The molecule has 1 fully saturated rings. The van der Waals surface area contributed by atoms with Gasteiger partial charge in [0.25, 0.3) is 5.56 Å². The van der Waals surface area contributed by atoms with Gasteiger partial charge in [0.2, 0.25) is 5.91 Å². The van der Waals surface area contributed by atoms with E-state index in [0.717, 1.165) is 47.8 Å². The molecule has 2 aliphatic carbocycles. The fourth-order valence-corrected chi connectivity index (χ4v) is 4.50. The van der Waals surface area contributed by atoms with Crippen molar-refractivity contribution in [3.63, 3.8) is 0 Å². The summed E-state index contributed by atoms with van der Waals surface area (Å²) in [6, 6.07) is 5.92. The summed E-state index contributed by atoms with van der Waals surface area (Å²) < 4.78 is 0. The Bertz CT molecular complexity index is 847. The number of aryl methyl sites for hydroxylation is 1. The highest BCUT2D eigenvalue weighted by molar-refractivity contribution is 5.94. The minimum absolute atomic E-state index is 0.0351. The number of anilines is 1. The lowest BCUT2D eigenvalue weighted by Crippen LogP contribution is -2.20. The second-order valence-corrected chi connectivity index (χ2v) is 7.64. The Hall–Kier alpha value is -2.10. The lowest BCUT2D eigenvalue weighted by atomic mass is 9.87. The van der Waals surface area contributed by atoms with E-state index in [9.17, 15) is 9.59 Å². The standard InChI is InChI=1S/C21H26N2O2/c24-20(12-14-6-2-1-3-7-14)22-15-10-11-17-16-8-4-5-9-18(16)21(25)23-19(17)13-15/h10-11,13-14H,1-9,12H2,(H,22,24)(H,23,25). The Balaban J connectivity index is 1.55. The number of aromatic nitrogens is 1. The first kappa shape index (κ1) is 16.4. The van der Waals surface area contributed by atoms with Crippen LogP contribution in [0.5, 0.6) is 0 Å². The highest BCUT2D eigenvalue weighted by Crippen LogP contribution is 2.28. The van der Waals surface area contributed by atoms with Crippen LogP contribution in [0.25, 0.3) is 10.9 Å². The van der Waals surface area contributed by atoms with Gasteiger partial charge in [-0.05, 0) is 62.1 Å². The molecule has 0 radical (unpaired) electrons. The van der Waals surface area contributed by atoms with E-state index in [0.29, 0.717) is 12.3 Å². The van der Waals surface area contributed by atoms with Crippen LogP contribution in [0, 0.1) is 5.92 Å². The number of H-pyrrole nitrogens is 1. The summed E-state index contributed by atoms with van der Waals surface area (Å²) in [6.07, 6.45) is 10.8. The number of pyridine rings is 1. The maximum Gasteiger partial charge on any atom is 0.251 e. The fraction of sp³-hybridized carbons (Fsp3) is 0.524. The van der Waals surface area contributed by atoms with Crippen molar-refractivity contribution in [2.45, 2.75) is 64.2 Å². The van der Waals surface area contributed by atoms with Crippen molar-refractivity contribution in [3.05, 3.63) is 39.7 Å². The number of benzene rings is 1. The molecule has 0 aliphatic heterocycles. The van der Waals surface area contributed by atoms with E-state index < -0.39 is 0 Å². The Morgan fingerprint density at radius 3 is 2.60 bits per heavy atom. The van der Waals surface area contributed by atoms with E-state index in [1.165, 1.54) is 37.7 Å². The zero-order valence-electron chi connectivity index (χ0n) is 14.7. The highest BCUT2D eigenvalue weighted by atomic mass is 16.1. The molecule has 1 saturated carbocycles. The first-order valence-corrected chi connectivity index (χ1v) is 9.68. The maximum atomic E-state index is 12.3. The summed E-state index contributed by atoms with van der Waals surface area (Å²) in [5, 5.41) is 4.14. The number of fused-ring (bicyclic) bond motifs is 3. The number of carbonyl (C=O) groups excluding carboxylic acids is 1. The molecule has 0 atom stereocenters. The number of carbonyl (C=O) groups is 1. The Morgan fingerprint density at radius 1 is 1.04 bits per heavy atom. The van der Waals surface area contributed by atoms with Crippen LogP contribution in [0.3, 0.4) is 0 Å². The van der Waals surface area contributed by atoms with Crippen LogP contribution in [-0.4, -0.2) is 10.9 Å². The molecule has 1 amide bonds. The van der Waals surface area contributed by atoms with E-state index in [1.807, 2.05) is 18.2 Å². The molecule has 4 nitrogen and oxygen atoms in total. The molecular weight excluding hydrogens is 312 g/mol. The van der Waals surface area contributed by atoms with Crippen molar-refractivity contribution >= 4 is 22.5 Å². The average Bonchev–Trinajstić information content (AvgIpc) is 2.62. The van der Waals surface area contributed by atoms with Crippen molar-refractivity contribution in [2.24, 2.45) is 5.92 Å². The van der Waals surface area contributed by atoms with Gasteiger partial charge in [0, 0.05) is 23.1 Å². The first-order valence-electron chi connectivity index (χ1n) is 9.68. The summed E-state index contributed by atoms with van der Waals surface area (Å²) >= 11 is 0. The summed E-state index contributed by atoms with van der Waals surface area (Å²) in [7, 11) is 0. The Kier molecular flexibility index (Phi) is 4.60. The molecular formula is C21H26N2O2. The molecule has 132 valence electrons. The largest absolute Gasteiger partial charge is 0.326 e. The van der Waals surface area contributed by atoms with Crippen LogP contribution in [0.2, 0.25) is 0 Å². The zero-order chi connectivity index (χ0) is 17.2.